The molecule has 0 aliphatic carbocycles. The van der Waals surface area contributed by atoms with Gasteiger partial charge in [0.15, 0.2) is 17.1 Å². The Morgan fingerprint density at radius 1 is 1.12 bits per heavy atom. The molecule has 12 heteroatoms. The Morgan fingerprint density at radius 3 is 2.62 bits per heavy atom. The Morgan fingerprint density at radius 2 is 1.90 bits per heavy atom. The Kier molecular flexibility index (Phi) is 9.78. The van der Waals surface area contributed by atoms with Crippen molar-refractivity contribution in [1.29, 1.82) is 0 Å². The predicted molar refractivity (Wildman–Crippen MR) is 161 cm³/mol. The van der Waals surface area contributed by atoms with Crippen LogP contribution in [0.25, 0.3) is 11.1 Å². The first-order chi connectivity index (χ1) is 19.1. The summed E-state index contributed by atoms with van der Waals surface area (Å²) in [6.07, 6.45) is -0.469. The van der Waals surface area contributed by atoms with E-state index in [0.717, 1.165) is 22.3 Å². The van der Waals surface area contributed by atoms with Gasteiger partial charge in [0.1, 0.15) is 16.3 Å². The van der Waals surface area contributed by atoms with Gasteiger partial charge in [-0.25, -0.2) is 4.79 Å². The lowest BCUT2D eigenvalue weighted by Crippen LogP contribution is -2.17. The molecule has 1 atom stereocenters. The molecule has 1 N–H and O–H groups in total. The fraction of sp³-hybridized carbons (Fsp3) is 0.286. The van der Waals surface area contributed by atoms with Crippen LogP contribution in [-0.2, 0) is 16.1 Å². The number of ether oxygens (including phenoxy) is 2. The average Bonchev–Trinajstić information content (AvgIpc) is 3.54. The lowest BCUT2D eigenvalue weighted by atomic mass is 9.97. The Hall–Kier alpha value is -3.05. The van der Waals surface area contributed by atoms with Crippen molar-refractivity contribution < 1.29 is 19.1 Å². The smallest absolute Gasteiger partial charge is 0.341 e. The van der Waals surface area contributed by atoms with Gasteiger partial charge in [-0.1, -0.05) is 58.7 Å². The number of carbonyl (C=O) groups excluding carboxylic acids is 2. The van der Waals surface area contributed by atoms with E-state index in [4.69, 9.17) is 32.7 Å². The van der Waals surface area contributed by atoms with E-state index in [0.29, 0.717) is 43.9 Å². The largest absolute Gasteiger partial charge is 0.481 e. The van der Waals surface area contributed by atoms with Crippen LogP contribution in [0, 0.1) is 13.8 Å². The fourth-order valence-corrected chi connectivity index (χ4v) is 6.19. The number of hydrogen-bond acceptors (Lipinski definition) is 8. The number of benzene rings is 2. The van der Waals surface area contributed by atoms with Crippen molar-refractivity contribution in [3.63, 3.8) is 0 Å². The summed E-state index contributed by atoms with van der Waals surface area (Å²) in [5.74, 6) is 0.297. The van der Waals surface area contributed by atoms with Gasteiger partial charge in [0.2, 0.25) is 5.91 Å². The molecule has 2 aromatic carbocycles. The van der Waals surface area contributed by atoms with Crippen LogP contribution >= 0.6 is 46.3 Å². The minimum absolute atomic E-state index is 0.0603. The monoisotopic (exact) mass is 618 g/mol. The highest BCUT2D eigenvalue weighted by Gasteiger charge is 2.24. The van der Waals surface area contributed by atoms with Crippen molar-refractivity contribution in [3.8, 4) is 16.9 Å². The number of methoxy groups -OCH3 is 1. The van der Waals surface area contributed by atoms with E-state index in [2.05, 4.69) is 15.5 Å². The molecular formula is C28H28Cl2N4O4S2. The van der Waals surface area contributed by atoms with Gasteiger partial charge in [0.25, 0.3) is 0 Å². The number of aromatic nitrogens is 3. The lowest BCUT2D eigenvalue weighted by molar-refractivity contribution is -0.113. The third-order valence-electron chi connectivity index (χ3n) is 6.07. The molecule has 1 amide bonds. The zero-order chi connectivity index (χ0) is 29.0. The van der Waals surface area contributed by atoms with Crippen LogP contribution in [-0.4, -0.2) is 39.5 Å². The maximum atomic E-state index is 13.0. The van der Waals surface area contributed by atoms with Gasteiger partial charge in [0, 0.05) is 28.6 Å². The van der Waals surface area contributed by atoms with Crippen LogP contribution in [0.4, 0.5) is 5.00 Å². The van der Waals surface area contributed by atoms with Crippen molar-refractivity contribution in [3.05, 3.63) is 74.3 Å². The lowest BCUT2D eigenvalue weighted by Gasteiger charge is -2.16. The van der Waals surface area contributed by atoms with Gasteiger partial charge in [-0.05, 0) is 51.0 Å². The number of halogens is 2. The van der Waals surface area contributed by atoms with Gasteiger partial charge in [0.05, 0.1) is 17.9 Å². The molecule has 40 heavy (non-hydrogen) atoms. The highest BCUT2D eigenvalue weighted by Crippen LogP contribution is 2.38. The summed E-state index contributed by atoms with van der Waals surface area (Å²) in [7, 11) is 1.33. The van der Waals surface area contributed by atoms with Crippen LogP contribution in [0.3, 0.4) is 0 Å². The number of nitrogens with one attached hydrogen (secondary N) is 1. The van der Waals surface area contributed by atoms with Crippen molar-refractivity contribution in [1.82, 2.24) is 14.8 Å². The van der Waals surface area contributed by atoms with Gasteiger partial charge < -0.3 is 19.4 Å². The number of aryl methyl sites for hydroxylation is 2. The maximum Gasteiger partial charge on any atom is 0.341 e. The summed E-state index contributed by atoms with van der Waals surface area (Å²) in [6, 6.07) is 11.0. The van der Waals surface area contributed by atoms with E-state index < -0.39 is 12.1 Å². The highest BCUT2D eigenvalue weighted by molar-refractivity contribution is 7.99. The van der Waals surface area contributed by atoms with Crippen molar-refractivity contribution in [2.75, 3.05) is 18.2 Å². The molecule has 0 saturated carbocycles. The van der Waals surface area contributed by atoms with Gasteiger partial charge in [-0.15, -0.1) is 21.5 Å². The number of rotatable bonds is 10. The van der Waals surface area contributed by atoms with E-state index in [9.17, 15) is 9.59 Å². The van der Waals surface area contributed by atoms with Gasteiger partial charge in [-0.3, -0.25) is 4.79 Å². The number of hydrogen-bond donors (Lipinski definition) is 1. The number of anilines is 1. The number of thioether (sulfide) groups is 1. The highest BCUT2D eigenvalue weighted by atomic mass is 35.5. The Balaban J connectivity index is 1.48. The van der Waals surface area contributed by atoms with E-state index >= 15 is 0 Å². The number of carbonyl (C=O) groups is 2. The van der Waals surface area contributed by atoms with Crippen molar-refractivity contribution in [2.24, 2.45) is 0 Å². The standard InChI is InChI=1S/C28H28Cl2N4O4S2/c1-6-34-25(17(4)38-22-12-18(29)9-10-21(22)30)32-33-28(34)40-14-23(35)31-26-24(27(36)37-5)20(13-39-26)19-11-15(2)7-8-16(19)3/h7-13,17H,6,14H2,1-5H3,(H,31,35). The molecule has 8 nitrogen and oxygen atoms in total. The average molecular weight is 620 g/mol. The zero-order valence-electron chi connectivity index (χ0n) is 22.6. The minimum Gasteiger partial charge on any atom is -0.481 e. The summed E-state index contributed by atoms with van der Waals surface area (Å²) in [6.45, 7) is 8.34. The second-order valence-electron chi connectivity index (χ2n) is 8.92. The third-order valence-corrected chi connectivity index (χ3v) is 8.48. The summed E-state index contributed by atoms with van der Waals surface area (Å²) >= 11 is 14.9. The van der Waals surface area contributed by atoms with E-state index in [-0.39, 0.29) is 11.7 Å². The zero-order valence-corrected chi connectivity index (χ0v) is 25.7. The first-order valence-corrected chi connectivity index (χ1v) is 15.0. The van der Waals surface area contributed by atoms with Crippen LogP contribution < -0.4 is 10.1 Å². The van der Waals surface area contributed by atoms with Crippen molar-refractivity contribution >= 4 is 63.2 Å². The number of nitrogens with zero attached hydrogens (tertiary/aromatic N) is 3. The number of esters is 1. The summed E-state index contributed by atoms with van der Waals surface area (Å²) in [4.78, 5) is 25.7. The van der Waals surface area contributed by atoms with Crippen LogP contribution in [0.1, 0.15) is 47.3 Å². The summed E-state index contributed by atoms with van der Waals surface area (Å²) in [5.41, 5.74) is 4.08. The van der Waals surface area contributed by atoms with Crippen molar-refractivity contribution in [2.45, 2.75) is 45.5 Å². The number of amides is 1. The molecule has 1 unspecified atom stereocenters. The molecule has 0 bridgehead atoms. The van der Waals surface area contributed by atoms with Crippen LogP contribution in [0.2, 0.25) is 10.0 Å². The van der Waals surface area contributed by atoms with E-state index in [1.54, 1.807) is 18.2 Å². The molecule has 0 saturated heterocycles. The van der Waals surface area contributed by atoms with E-state index in [1.165, 1.54) is 30.2 Å². The van der Waals surface area contributed by atoms with E-state index in [1.807, 2.05) is 55.8 Å². The SMILES string of the molecule is CCn1c(SCC(=O)Nc2scc(-c3cc(C)ccc3C)c2C(=O)OC)nnc1C(C)Oc1cc(Cl)ccc1Cl. The maximum absolute atomic E-state index is 13.0. The second-order valence-corrected chi connectivity index (χ2v) is 11.6. The molecule has 2 heterocycles. The molecule has 4 rings (SSSR count). The minimum atomic E-state index is -0.510. The van der Waals surface area contributed by atoms with Crippen LogP contribution in [0.15, 0.2) is 46.9 Å². The quantitative estimate of drug-likeness (QED) is 0.144. The molecule has 2 aromatic heterocycles. The number of thiophene rings is 1. The molecule has 0 aliphatic heterocycles. The molecular weight excluding hydrogens is 591 g/mol. The molecule has 0 spiro atoms. The van der Waals surface area contributed by atoms with Crippen LogP contribution in [0.5, 0.6) is 5.75 Å². The summed E-state index contributed by atoms with van der Waals surface area (Å²) < 4.78 is 12.9. The predicted octanol–water partition coefficient (Wildman–Crippen LogP) is 7.61. The van der Waals surface area contributed by atoms with Gasteiger partial charge in [-0.2, -0.15) is 0 Å². The fourth-order valence-electron chi connectivity index (χ4n) is 4.09. The third kappa shape index (κ3) is 6.63. The second kappa shape index (κ2) is 13.1. The Labute approximate surface area is 251 Å². The molecule has 0 fully saturated rings. The summed E-state index contributed by atoms with van der Waals surface area (Å²) in [5, 5.41) is 15.3. The first-order valence-electron chi connectivity index (χ1n) is 12.4. The molecule has 4 aromatic rings. The Bertz CT molecular complexity index is 1550. The molecule has 0 aliphatic rings. The topological polar surface area (TPSA) is 95.3 Å². The normalized spacial score (nSPS) is 11.8. The first kappa shape index (κ1) is 29.9. The molecule has 210 valence electrons. The molecule has 0 radical (unpaired) electrons. The van der Waals surface area contributed by atoms with Gasteiger partial charge >= 0.3 is 5.97 Å².